The van der Waals surface area contributed by atoms with Gasteiger partial charge >= 0.3 is 6.03 Å². The monoisotopic (exact) mass is 1270 g/mol. The van der Waals surface area contributed by atoms with Gasteiger partial charge in [0, 0.05) is 77.3 Å². The molecule has 2 heterocycles. The van der Waals surface area contributed by atoms with Crippen molar-refractivity contribution >= 4 is 76.5 Å². The van der Waals surface area contributed by atoms with Gasteiger partial charge in [0.25, 0.3) is 11.8 Å². The first kappa shape index (κ1) is 75.7. The lowest BCUT2D eigenvalue weighted by atomic mass is 9.89. The van der Waals surface area contributed by atoms with Gasteiger partial charge in [0.1, 0.15) is 24.2 Å². The molecule has 0 spiro atoms. The Balaban J connectivity index is 1.44. The van der Waals surface area contributed by atoms with E-state index in [1.165, 1.54) is 26.4 Å². The van der Waals surface area contributed by atoms with Crippen molar-refractivity contribution in [1.82, 2.24) is 46.2 Å². The summed E-state index contributed by atoms with van der Waals surface area (Å²) in [7, 11) is 8.37. The van der Waals surface area contributed by atoms with Crippen molar-refractivity contribution in [3.05, 3.63) is 72.3 Å². The number of urea groups is 1. The normalized spacial score (nSPS) is 17.3. The van der Waals surface area contributed by atoms with E-state index in [1.807, 2.05) is 90.9 Å². The number of unbranched alkanes of at least 4 members (excludes halogenated alkanes) is 2. The molecular weight excluding hydrogens is 1170 g/mol. The maximum absolute atomic E-state index is 14.6. The van der Waals surface area contributed by atoms with Gasteiger partial charge in [0.15, 0.2) is 0 Å². The molecular formula is C66H102N12O13. The highest BCUT2D eigenvalue weighted by Crippen LogP contribution is 2.30. The average Bonchev–Trinajstić information content (AvgIpc) is 1.92. The summed E-state index contributed by atoms with van der Waals surface area (Å²) in [5.41, 5.74) is 6.67. The molecule has 0 aliphatic carbocycles. The topological polar surface area (TPSA) is 329 Å². The number of nitrogens with two attached hydrogens (primary N) is 1. The van der Waals surface area contributed by atoms with E-state index in [1.54, 1.807) is 55.0 Å². The highest BCUT2D eigenvalue weighted by atomic mass is 16.5. The van der Waals surface area contributed by atoms with E-state index in [-0.39, 0.29) is 105 Å². The number of methoxy groups -OCH3 is 2. The Morgan fingerprint density at radius 2 is 1.27 bits per heavy atom. The summed E-state index contributed by atoms with van der Waals surface area (Å²) >= 11 is 0. The van der Waals surface area contributed by atoms with Crippen molar-refractivity contribution in [1.29, 1.82) is 0 Å². The number of imide groups is 1. The van der Waals surface area contributed by atoms with Crippen LogP contribution in [0.25, 0.3) is 0 Å². The van der Waals surface area contributed by atoms with Gasteiger partial charge in [-0.25, -0.2) is 4.79 Å². The third kappa shape index (κ3) is 22.8. The molecule has 25 heteroatoms. The number of rotatable bonds is 38. The Morgan fingerprint density at radius 1 is 0.670 bits per heavy atom. The summed E-state index contributed by atoms with van der Waals surface area (Å²) < 4.78 is 12.2. The molecule has 504 valence electrons. The quantitative estimate of drug-likeness (QED) is 0.0344. The Hall–Kier alpha value is -7.77. The van der Waals surface area contributed by atoms with Gasteiger partial charge in [-0.1, -0.05) is 98.6 Å². The van der Waals surface area contributed by atoms with E-state index >= 15 is 0 Å². The summed E-state index contributed by atoms with van der Waals surface area (Å²) in [5.74, 6) is -5.33. The van der Waals surface area contributed by atoms with Crippen molar-refractivity contribution in [2.24, 2.45) is 29.4 Å². The molecule has 0 aromatic heterocycles. The lowest BCUT2D eigenvalue weighted by molar-refractivity contribution is -0.148. The smallest absolute Gasteiger partial charge is 0.312 e. The average molecular weight is 1270 g/mol. The van der Waals surface area contributed by atoms with Crippen molar-refractivity contribution < 1.29 is 62.2 Å². The minimum Gasteiger partial charge on any atom is -0.379 e. The summed E-state index contributed by atoms with van der Waals surface area (Å²) in [4.78, 5) is 153. The molecule has 12 amide bonds. The summed E-state index contributed by atoms with van der Waals surface area (Å²) in [6.45, 7) is 15.9. The fourth-order valence-corrected chi connectivity index (χ4v) is 11.9. The number of anilines is 2. The molecule has 0 saturated carbocycles. The van der Waals surface area contributed by atoms with E-state index in [9.17, 15) is 52.7 Å². The number of likely N-dealkylation sites (tertiary alicyclic amines) is 1. The number of carbonyl (C=O) groups is 11. The molecule has 0 radical (unpaired) electrons. The number of amides is 12. The molecule has 2 aliphatic heterocycles. The van der Waals surface area contributed by atoms with Gasteiger partial charge in [-0.05, 0) is 107 Å². The summed E-state index contributed by atoms with van der Waals surface area (Å²) in [5, 5.41) is 19.6. The first-order valence-electron chi connectivity index (χ1n) is 32.0. The number of primary amides is 1. The number of ether oxygens (including phenoxy) is 2. The highest BCUT2D eigenvalue weighted by Gasteiger charge is 2.44. The van der Waals surface area contributed by atoms with Crippen molar-refractivity contribution in [3.63, 3.8) is 0 Å². The van der Waals surface area contributed by atoms with Crippen LogP contribution in [0.2, 0.25) is 0 Å². The Morgan fingerprint density at radius 3 is 1.81 bits per heavy atom. The Labute approximate surface area is 537 Å². The number of nitrogens with zero attached hydrogens (tertiary/aromatic N) is 4. The zero-order valence-electron chi connectivity index (χ0n) is 55.6. The number of likely N-dealkylation sites (N-methyl/N-ethyl adjacent to an activating group) is 2. The molecule has 0 bridgehead atoms. The lowest BCUT2D eigenvalue weighted by Gasteiger charge is -2.41. The third-order valence-corrected chi connectivity index (χ3v) is 17.1. The zero-order chi connectivity index (χ0) is 67.6. The summed E-state index contributed by atoms with van der Waals surface area (Å²) in [6, 6.07) is 9.11. The third-order valence-electron chi connectivity index (χ3n) is 17.1. The van der Waals surface area contributed by atoms with Crippen LogP contribution >= 0.6 is 0 Å². The minimum atomic E-state index is -1.11. The number of hydrogen-bond donors (Lipinski definition) is 8. The molecule has 2 aliphatic rings. The Kier molecular flexibility index (Phi) is 31.2. The standard InChI is InChI=1S/C66H102N12O13/c1-14-42(7)58(76(11)65(88)56(40(3)4)74-64(87)57(41(5)6)75(9)10)51(90-12)39-55(82)77-37-23-27-50(77)59(91-13)43(8)60(83)73-49(38-44-24-18-16-19-25-44)63(86)70-46-31-29-45(30-32-46)69-62(85)48(26-22-35-68-66(67)89)72-61(84)47(15-2)71-52(79)28-20-17-21-36-78-53(80)33-34-54(78)81/h16,18-19,24-25,29-34,40-43,47-51,56-59H,14-15,17,20-23,26-28,35-39H2,1-13H3,(H,69,85)(H,70,86)(H,71,79)(H,72,84)(H,73,83)(H,74,87)(H3,67,68,89)/t42-,43+,47-,48-,49-,50-,51+,56-,57-,58-,59+/m0/s1. The molecule has 1 saturated heterocycles. The van der Waals surface area contributed by atoms with Crippen molar-refractivity contribution in [2.75, 3.05) is 65.6 Å². The maximum atomic E-state index is 14.6. The predicted molar refractivity (Wildman–Crippen MR) is 346 cm³/mol. The Bertz CT molecular complexity index is 2770. The van der Waals surface area contributed by atoms with Gasteiger partial charge in [-0.3, -0.25) is 57.7 Å². The van der Waals surface area contributed by atoms with Gasteiger partial charge in [0.2, 0.25) is 47.3 Å². The van der Waals surface area contributed by atoms with Crippen molar-refractivity contribution in [2.45, 2.75) is 187 Å². The van der Waals surface area contributed by atoms with Gasteiger partial charge in [-0.2, -0.15) is 0 Å². The molecule has 1 fully saturated rings. The molecule has 0 unspecified atom stereocenters. The van der Waals surface area contributed by atoms with Gasteiger partial charge < -0.3 is 62.2 Å². The second-order valence-electron chi connectivity index (χ2n) is 24.8. The van der Waals surface area contributed by atoms with Crippen LogP contribution in [0, 0.1) is 23.7 Å². The fourth-order valence-electron chi connectivity index (χ4n) is 11.9. The second-order valence-corrected chi connectivity index (χ2v) is 24.8. The van der Waals surface area contributed by atoms with Crippen LogP contribution in [0.4, 0.5) is 16.2 Å². The fraction of sp³-hybridized carbons (Fsp3) is 0.621. The zero-order valence-corrected chi connectivity index (χ0v) is 55.6. The molecule has 9 N–H and O–H groups in total. The molecule has 91 heavy (non-hydrogen) atoms. The maximum Gasteiger partial charge on any atom is 0.312 e. The number of carbonyl (C=O) groups excluding carboxylic acids is 11. The largest absolute Gasteiger partial charge is 0.379 e. The molecule has 2 aromatic carbocycles. The molecule has 2 aromatic rings. The lowest BCUT2D eigenvalue weighted by Crippen LogP contribution is -2.59. The molecule has 11 atom stereocenters. The number of nitrogens with one attached hydrogen (secondary N) is 7. The van der Waals surface area contributed by atoms with Gasteiger partial charge in [-0.15, -0.1) is 0 Å². The van der Waals surface area contributed by atoms with Gasteiger partial charge in [0.05, 0.1) is 42.7 Å². The molecule has 4 rings (SSSR count). The SMILES string of the molecule is CC[C@H](NC(=O)CCCCCN1C(=O)C=CC1=O)C(=O)N[C@@H](CCCNC(N)=O)C(=O)Nc1ccc(NC(=O)[C@H](Cc2ccccc2)NC(=O)[C@H](C)[C@@H](OC)[C@@H]2CCCN2C(=O)C[C@@H](OC)[C@H]([C@@H](C)CC)N(C)C(=O)[C@@H](NC(=O)[C@H](C(C)C)N(C)C)C(C)C)cc1. The van der Waals surface area contributed by atoms with E-state index in [0.717, 1.165) is 10.5 Å². The second kappa shape index (κ2) is 37.5. The first-order valence-corrected chi connectivity index (χ1v) is 32.0. The van der Waals surface area contributed by atoms with Crippen LogP contribution in [-0.2, 0) is 63.8 Å². The van der Waals surface area contributed by atoms with Crippen LogP contribution in [0.1, 0.15) is 132 Å². The van der Waals surface area contributed by atoms with Crippen molar-refractivity contribution in [3.8, 4) is 0 Å². The van der Waals surface area contributed by atoms with Crippen LogP contribution in [-0.4, -0.2) is 194 Å². The van der Waals surface area contributed by atoms with Crippen LogP contribution in [0.3, 0.4) is 0 Å². The van der Waals surface area contributed by atoms with E-state index in [2.05, 4.69) is 37.2 Å². The number of hydrogen-bond acceptors (Lipinski definition) is 14. The van der Waals surface area contributed by atoms with Crippen LogP contribution < -0.4 is 43.0 Å². The van der Waals surface area contributed by atoms with E-state index < -0.39 is 90.1 Å². The molecule has 25 nitrogen and oxygen atoms in total. The van der Waals surface area contributed by atoms with Crippen LogP contribution in [0.15, 0.2) is 66.7 Å². The van der Waals surface area contributed by atoms with E-state index in [4.69, 9.17) is 15.2 Å². The highest BCUT2D eigenvalue weighted by molar-refractivity contribution is 6.12. The van der Waals surface area contributed by atoms with E-state index in [0.29, 0.717) is 56.4 Å². The first-order chi connectivity index (χ1) is 43.2. The number of benzene rings is 2. The summed E-state index contributed by atoms with van der Waals surface area (Å²) in [6.07, 6.45) is 4.97. The van der Waals surface area contributed by atoms with Crippen LogP contribution in [0.5, 0.6) is 0 Å². The minimum absolute atomic E-state index is 0.00768. The predicted octanol–water partition coefficient (Wildman–Crippen LogP) is 4.25.